The molecule has 0 aliphatic heterocycles. The first-order valence-corrected chi connectivity index (χ1v) is 8.10. The Balaban J connectivity index is 1.84. The van der Waals surface area contributed by atoms with Crippen molar-refractivity contribution in [2.45, 2.75) is 13.5 Å². The molecule has 0 aliphatic carbocycles. The lowest BCUT2D eigenvalue weighted by molar-refractivity contribution is -0.123. The van der Waals surface area contributed by atoms with Crippen molar-refractivity contribution in [3.63, 3.8) is 0 Å². The fraction of sp³-hybridized carbons (Fsp3) is 0.188. The van der Waals surface area contributed by atoms with Crippen LogP contribution in [0.25, 0.3) is 0 Å². The maximum atomic E-state index is 11.8. The number of halogens is 3. The maximum absolute atomic E-state index is 11.8. The predicted octanol–water partition coefficient (Wildman–Crippen LogP) is 4.76. The van der Waals surface area contributed by atoms with E-state index >= 15 is 0 Å². The van der Waals surface area contributed by atoms with Crippen LogP contribution in [-0.4, -0.2) is 12.5 Å². The highest BCUT2D eigenvalue weighted by atomic mass is 79.9. The Morgan fingerprint density at radius 3 is 2.68 bits per heavy atom. The minimum absolute atomic E-state index is 0.0493. The SMILES string of the molecule is Cc1cc(OCC(=O)NCc2ccc(Cl)cc2Cl)ccc1Br. The van der Waals surface area contributed by atoms with Crippen LogP contribution in [-0.2, 0) is 11.3 Å². The number of ether oxygens (including phenoxy) is 1. The first-order valence-electron chi connectivity index (χ1n) is 6.55. The molecule has 0 aromatic heterocycles. The summed E-state index contributed by atoms with van der Waals surface area (Å²) in [5.74, 6) is 0.437. The standard InChI is InChI=1S/C16H14BrCl2NO2/c1-10-6-13(4-5-14(10)17)22-9-16(21)20-8-11-2-3-12(18)7-15(11)19/h2-7H,8-9H2,1H3,(H,20,21). The summed E-state index contributed by atoms with van der Waals surface area (Å²) in [6, 6.07) is 10.7. The van der Waals surface area contributed by atoms with Gasteiger partial charge in [0.15, 0.2) is 6.61 Å². The third-order valence-electron chi connectivity index (χ3n) is 2.99. The molecule has 0 spiro atoms. The number of aryl methyl sites for hydroxylation is 1. The highest BCUT2D eigenvalue weighted by Gasteiger charge is 2.06. The van der Waals surface area contributed by atoms with Crippen LogP contribution < -0.4 is 10.1 Å². The van der Waals surface area contributed by atoms with Crippen LogP contribution in [0.15, 0.2) is 40.9 Å². The molecular formula is C16H14BrCl2NO2. The zero-order valence-corrected chi connectivity index (χ0v) is 14.9. The average Bonchev–Trinajstić information content (AvgIpc) is 2.47. The lowest BCUT2D eigenvalue weighted by Crippen LogP contribution is -2.28. The molecule has 22 heavy (non-hydrogen) atoms. The number of carbonyl (C=O) groups is 1. The Morgan fingerprint density at radius 2 is 2.00 bits per heavy atom. The summed E-state index contributed by atoms with van der Waals surface area (Å²) in [5.41, 5.74) is 1.85. The average molecular weight is 403 g/mol. The van der Waals surface area contributed by atoms with E-state index in [1.54, 1.807) is 24.3 Å². The zero-order chi connectivity index (χ0) is 16.1. The fourth-order valence-corrected chi connectivity index (χ4v) is 2.49. The number of hydrogen-bond acceptors (Lipinski definition) is 2. The first-order chi connectivity index (χ1) is 10.5. The maximum Gasteiger partial charge on any atom is 0.258 e. The molecule has 0 radical (unpaired) electrons. The molecule has 0 fully saturated rings. The number of benzene rings is 2. The van der Waals surface area contributed by atoms with Crippen LogP contribution in [0.2, 0.25) is 10.0 Å². The second kappa shape index (κ2) is 7.86. The van der Waals surface area contributed by atoms with E-state index in [9.17, 15) is 4.79 Å². The molecule has 1 amide bonds. The molecule has 6 heteroatoms. The van der Waals surface area contributed by atoms with Gasteiger partial charge in [-0.1, -0.05) is 45.2 Å². The van der Waals surface area contributed by atoms with Gasteiger partial charge < -0.3 is 10.1 Å². The topological polar surface area (TPSA) is 38.3 Å². The largest absolute Gasteiger partial charge is 0.484 e. The van der Waals surface area contributed by atoms with E-state index in [1.165, 1.54) is 0 Å². The number of carbonyl (C=O) groups excluding carboxylic acids is 1. The van der Waals surface area contributed by atoms with Crippen LogP contribution in [0.3, 0.4) is 0 Å². The van der Waals surface area contributed by atoms with Gasteiger partial charge in [0.1, 0.15) is 5.75 Å². The number of nitrogens with one attached hydrogen (secondary N) is 1. The van der Waals surface area contributed by atoms with Crippen LogP contribution in [0.4, 0.5) is 0 Å². The molecule has 0 atom stereocenters. The second-order valence-electron chi connectivity index (χ2n) is 4.71. The van der Waals surface area contributed by atoms with Gasteiger partial charge >= 0.3 is 0 Å². The van der Waals surface area contributed by atoms with Crippen molar-refractivity contribution in [2.24, 2.45) is 0 Å². The van der Waals surface area contributed by atoms with Crippen LogP contribution in [0, 0.1) is 6.92 Å². The first kappa shape index (κ1) is 17.1. The van der Waals surface area contributed by atoms with Crippen molar-refractivity contribution in [1.29, 1.82) is 0 Å². The molecule has 0 saturated carbocycles. The molecule has 0 heterocycles. The Labute approximate surface area is 147 Å². The van der Waals surface area contributed by atoms with Gasteiger partial charge in [-0.15, -0.1) is 0 Å². The molecule has 2 aromatic carbocycles. The zero-order valence-electron chi connectivity index (χ0n) is 11.8. The summed E-state index contributed by atoms with van der Waals surface area (Å²) >= 11 is 15.3. The summed E-state index contributed by atoms with van der Waals surface area (Å²) in [6.07, 6.45) is 0. The molecule has 0 aliphatic rings. The lowest BCUT2D eigenvalue weighted by Gasteiger charge is -2.09. The van der Waals surface area contributed by atoms with E-state index in [0.29, 0.717) is 22.3 Å². The normalized spacial score (nSPS) is 10.4. The summed E-state index contributed by atoms with van der Waals surface area (Å²) in [7, 11) is 0. The van der Waals surface area contributed by atoms with Gasteiger partial charge in [0.25, 0.3) is 5.91 Å². The van der Waals surface area contributed by atoms with Gasteiger partial charge in [0, 0.05) is 21.1 Å². The van der Waals surface area contributed by atoms with Crippen molar-refractivity contribution in [2.75, 3.05) is 6.61 Å². The van der Waals surface area contributed by atoms with Crippen molar-refractivity contribution in [1.82, 2.24) is 5.32 Å². The summed E-state index contributed by atoms with van der Waals surface area (Å²) in [6.45, 7) is 2.24. The molecule has 3 nitrogen and oxygen atoms in total. The van der Waals surface area contributed by atoms with Crippen LogP contribution in [0.1, 0.15) is 11.1 Å². The number of hydrogen-bond donors (Lipinski definition) is 1. The fourth-order valence-electron chi connectivity index (χ4n) is 1.77. The van der Waals surface area contributed by atoms with Gasteiger partial charge in [0.2, 0.25) is 0 Å². The summed E-state index contributed by atoms with van der Waals surface area (Å²) in [5, 5.41) is 3.84. The molecule has 0 bridgehead atoms. The van der Waals surface area contributed by atoms with E-state index < -0.39 is 0 Å². The molecule has 1 N–H and O–H groups in total. The van der Waals surface area contributed by atoms with E-state index in [0.717, 1.165) is 15.6 Å². The van der Waals surface area contributed by atoms with Gasteiger partial charge in [-0.05, 0) is 48.4 Å². The molecule has 0 saturated heterocycles. The second-order valence-corrected chi connectivity index (χ2v) is 6.41. The quantitative estimate of drug-likeness (QED) is 0.782. The lowest BCUT2D eigenvalue weighted by atomic mass is 10.2. The van der Waals surface area contributed by atoms with E-state index in [-0.39, 0.29) is 12.5 Å². The minimum Gasteiger partial charge on any atom is -0.484 e. The Morgan fingerprint density at radius 1 is 1.23 bits per heavy atom. The van der Waals surface area contributed by atoms with Gasteiger partial charge in [-0.25, -0.2) is 0 Å². The smallest absolute Gasteiger partial charge is 0.258 e. The Bertz CT molecular complexity index is 692. The van der Waals surface area contributed by atoms with Crippen molar-refractivity contribution in [3.05, 3.63) is 62.0 Å². The van der Waals surface area contributed by atoms with Crippen molar-refractivity contribution < 1.29 is 9.53 Å². The van der Waals surface area contributed by atoms with E-state index in [4.69, 9.17) is 27.9 Å². The van der Waals surface area contributed by atoms with Crippen LogP contribution >= 0.6 is 39.1 Å². The number of amides is 1. The Kier molecular flexibility index (Phi) is 6.12. The molecular weight excluding hydrogens is 389 g/mol. The van der Waals surface area contributed by atoms with Crippen molar-refractivity contribution in [3.8, 4) is 5.75 Å². The number of rotatable bonds is 5. The van der Waals surface area contributed by atoms with Crippen LogP contribution in [0.5, 0.6) is 5.75 Å². The third-order valence-corrected chi connectivity index (χ3v) is 4.47. The molecule has 116 valence electrons. The highest BCUT2D eigenvalue weighted by Crippen LogP contribution is 2.22. The van der Waals surface area contributed by atoms with E-state index in [1.807, 2.05) is 19.1 Å². The summed E-state index contributed by atoms with van der Waals surface area (Å²) < 4.78 is 6.46. The Hall–Kier alpha value is -1.23. The van der Waals surface area contributed by atoms with E-state index in [2.05, 4.69) is 21.2 Å². The third kappa shape index (κ3) is 4.90. The predicted molar refractivity (Wildman–Crippen MR) is 92.7 cm³/mol. The molecule has 0 unspecified atom stereocenters. The van der Waals surface area contributed by atoms with Crippen molar-refractivity contribution >= 4 is 45.0 Å². The molecule has 2 aromatic rings. The minimum atomic E-state index is -0.216. The molecule has 2 rings (SSSR count). The monoisotopic (exact) mass is 401 g/mol. The van der Waals surface area contributed by atoms with Gasteiger partial charge in [-0.3, -0.25) is 4.79 Å². The van der Waals surface area contributed by atoms with Gasteiger partial charge in [-0.2, -0.15) is 0 Å². The van der Waals surface area contributed by atoms with Gasteiger partial charge in [0.05, 0.1) is 0 Å². The highest BCUT2D eigenvalue weighted by molar-refractivity contribution is 9.10. The summed E-state index contributed by atoms with van der Waals surface area (Å²) in [4.78, 5) is 11.8.